The van der Waals surface area contributed by atoms with Crippen molar-refractivity contribution < 1.29 is 14.5 Å². The van der Waals surface area contributed by atoms with E-state index in [2.05, 4.69) is 18.7 Å². The van der Waals surface area contributed by atoms with Gasteiger partial charge in [-0.25, -0.2) is 0 Å². The maximum absolute atomic E-state index is 12.6. The summed E-state index contributed by atoms with van der Waals surface area (Å²) in [5.74, 6) is 0.102. The lowest BCUT2D eigenvalue weighted by atomic mass is 9.91. The summed E-state index contributed by atoms with van der Waals surface area (Å²) in [4.78, 5) is 15.5. The average Bonchev–Trinajstić information content (AvgIpc) is 2.39. The molecule has 0 saturated heterocycles. The molecular weight excluding hydrogens is 274 g/mol. The fourth-order valence-corrected chi connectivity index (χ4v) is 2.83. The Labute approximate surface area is 123 Å². The largest absolute Gasteiger partial charge is 0.412 e. The Bertz CT molecular complexity index is 465. The maximum atomic E-state index is 12.6. The molecule has 0 saturated carbocycles. The van der Waals surface area contributed by atoms with Gasteiger partial charge in [0.1, 0.15) is 0 Å². The van der Waals surface area contributed by atoms with Gasteiger partial charge in [0.05, 0.1) is 5.54 Å². The highest BCUT2D eigenvalue weighted by molar-refractivity contribution is 7.84. The van der Waals surface area contributed by atoms with Gasteiger partial charge >= 0.3 is 0 Å². The first-order valence-electron chi connectivity index (χ1n) is 6.57. The van der Waals surface area contributed by atoms with Crippen molar-refractivity contribution in [3.63, 3.8) is 0 Å². The number of benzene rings is 1. The van der Waals surface area contributed by atoms with Gasteiger partial charge in [0.25, 0.3) is 0 Å². The minimum atomic E-state index is -1.01. The predicted molar refractivity (Wildman–Crippen MR) is 83.7 cm³/mol. The third kappa shape index (κ3) is 3.98. The Hall–Kier alpha value is -1.04. The van der Waals surface area contributed by atoms with Gasteiger partial charge in [-0.05, 0) is 39.1 Å². The van der Waals surface area contributed by atoms with Crippen molar-refractivity contribution >= 4 is 16.6 Å². The first kappa shape index (κ1) is 19.0. The molecule has 0 heterocycles. The fraction of sp³-hybridized carbons (Fsp3) is 0.533. The summed E-state index contributed by atoms with van der Waals surface area (Å²) in [7, 11) is -1.01. The van der Waals surface area contributed by atoms with Crippen molar-refractivity contribution in [2.75, 3.05) is 19.3 Å². The van der Waals surface area contributed by atoms with E-state index >= 15 is 0 Å². The SMILES string of the molecule is CCN(CC)C(C)(C)C(=O)c1ccc(S(C)=O)cc1.O. The summed E-state index contributed by atoms with van der Waals surface area (Å²) < 4.78 is 11.3. The second-order valence-corrected chi connectivity index (χ2v) is 6.42. The monoisotopic (exact) mass is 299 g/mol. The number of likely N-dealkylation sites (N-methyl/N-ethyl adjacent to an activating group) is 1. The van der Waals surface area contributed by atoms with Crippen LogP contribution >= 0.6 is 0 Å². The Morgan fingerprint density at radius 1 is 1.15 bits per heavy atom. The Balaban J connectivity index is 0.00000361. The molecule has 1 aromatic rings. The Morgan fingerprint density at radius 2 is 1.60 bits per heavy atom. The van der Waals surface area contributed by atoms with Crippen LogP contribution in [0.4, 0.5) is 0 Å². The first-order valence-corrected chi connectivity index (χ1v) is 8.13. The van der Waals surface area contributed by atoms with Crippen LogP contribution in [0.25, 0.3) is 0 Å². The standard InChI is InChI=1S/C15H23NO2S.H2O/c1-6-16(7-2)15(3,4)14(17)12-8-10-13(11-9-12)19(5)18;/h8-11H,6-7H2,1-5H3;1H2. The number of Topliss-reactive ketones (excluding diaryl/α,β-unsaturated/α-hetero) is 1. The third-order valence-corrected chi connectivity index (χ3v) is 4.49. The number of rotatable bonds is 6. The normalized spacial score (nSPS) is 12.9. The van der Waals surface area contributed by atoms with Crippen molar-refractivity contribution in [3.05, 3.63) is 29.8 Å². The second-order valence-electron chi connectivity index (χ2n) is 5.04. The summed E-state index contributed by atoms with van der Waals surface area (Å²) in [5, 5.41) is 0. The zero-order chi connectivity index (χ0) is 14.6. The molecule has 5 heteroatoms. The Kier molecular flexibility index (Phi) is 7.27. The van der Waals surface area contributed by atoms with Crippen LogP contribution < -0.4 is 0 Å². The van der Waals surface area contributed by atoms with Gasteiger partial charge in [0, 0.05) is 27.5 Å². The van der Waals surface area contributed by atoms with Crippen molar-refractivity contribution in [2.45, 2.75) is 38.1 Å². The fourth-order valence-electron chi connectivity index (χ4n) is 2.31. The van der Waals surface area contributed by atoms with Crippen LogP contribution in [-0.4, -0.2) is 45.3 Å². The zero-order valence-electron chi connectivity index (χ0n) is 12.9. The minimum Gasteiger partial charge on any atom is -0.412 e. The number of ketones is 1. The summed E-state index contributed by atoms with van der Waals surface area (Å²) in [6.45, 7) is 9.70. The molecule has 2 N–H and O–H groups in total. The van der Waals surface area contributed by atoms with Crippen LogP contribution in [0.3, 0.4) is 0 Å². The van der Waals surface area contributed by atoms with E-state index in [0.717, 1.165) is 18.0 Å². The van der Waals surface area contributed by atoms with Gasteiger partial charge in [0.15, 0.2) is 5.78 Å². The van der Waals surface area contributed by atoms with Gasteiger partial charge in [-0.2, -0.15) is 0 Å². The molecule has 0 aliphatic heterocycles. The number of carbonyl (C=O) groups excluding carboxylic acids is 1. The topological polar surface area (TPSA) is 68.9 Å². The number of hydrogen-bond donors (Lipinski definition) is 0. The van der Waals surface area contributed by atoms with Crippen LogP contribution in [-0.2, 0) is 10.8 Å². The van der Waals surface area contributed by atoms with Gasteiger partial charge in [0.2, 0.25) is 0 Å². The highest BCUT2D eigenvalue weighted by Crippen LogP contribution is 2.21. The quantitative estimate of drug-likeness (QED) is 0.753. The van der Waals surface area contributed by atoms with Crippen molar-refractivity contribution in [3.8, 4) is 0 Å². The first-order chi connectivity index (χ1) is 8.84. The predicted octanol–water partition coefficient (Wildman–Crippen LogP) is 1.90. The van der Waals surface area contributed by atoms with E-state index < -0.39 is 16.3 Å². The molecule has 0 aliphatic rings. The van der Waals surface area contributed by atoms with Gasteiger partial charge in [-0.3, -0.25) is 13.9 Å². The lowest BCUT2D eigenvalue weighted by Crippen LogP contribution is -2.49. The molecule has 1 rings (SSSR count). The molecule has 1 unspecified atom stereocenters. The maximum Gasteiger partial charge on any atom is 0.182 e. The van der Waals surface area contributed by atoms with Gasteiger partial charge in [-0.15, -0.1) is 0 Å². The molecule has 0 spiro atoms. The van der Waals surface area contributed by atoms with Crippen LogP contribution in [0.15, 0.2) is 29.2 Å². The lowest BCUT2D eigenvalue weighted by Gasteiger charge is -2.35. The van der Waals surface area contributed by atoms with Crippen molar-refractivity contribution in [1.82, 2.24) is 4.90 Å². The van der Waals surface area contributed by atoms with E-state index in [1.54, 1.807) is 30.5 Å². The number of hydrogen-bond acceptors (Lipinski definition) is 3. The minimum absolute atomic E-state index is 0. The summed E-state index contributed by atoms with van der Waals surface area (Å²) in [6.07, 6.45) is 1.64. The summed E-state index contributed by atoms with van der Waals surface area (Å²) in [6, 6.07) is 7.07. The summed E-state index contributed by atoms with van der Waals surface area (Å²) in [5.41, 5.74) is 0.155. The molecule has 0 bridgehead atoms. The van der Waals surface area contributed by atoms with E-state index in [9.17, 15) is 9.00 Å². The molecule has 114 valence electrons. The van der Waals surface area contributed by atoms with E-state index in [4.69, 9.17) is 0 Å². The molecule has 0 amide bonds. The van der Waals surface area contributed by atoms with Crippen molar-refractivity contribution in [1.29, 1.82) is 0 Å². The number of nitrogens with zero attached hydrogens (tertiary/aromatic N) is 1. The average molecular weight is 299 g/mol. The van der Waals surface area contributed by atoms with Gasteiger partial charge < -0.3 is 5.48 Å². The van der Waals surface area contributed by atoms with Crippen LogP contribution in [0, 0.1) is 0 Å². The van der Waals surface area contributed by atoms with Crippen molar-refractivity contribution in [2.24, 2.45) is 0 Å². The van der Waals surface area contributed by atoms with E-state index in [1.165, 1.54) is 0 Å². The molecular formula is C15H25NO3S. The lowest BCUT2D eigenvalue weighted by molar-refractivity contribution is 0.0668. The number of carbonyl (C=O) groups is 1. The smallest absolute Gasteiger partial charge is 0.182 e. The van der Waals surface area contributed by atoms with Crippen LogP contribution in [0.5, 0.6) is 0 Å². The Morgan fingerprint density at radius 3 is 1.95 bits per heavy atom. The van der Waals surface area contributed by atoms with E-state index in [1.807, 2.05) is 13.8 Å². The van der Waals surface area contributed by atoms with Crippen LogP contribution in [0.2, 0.25) is 0 Å². The molecule has 0 aromatic heterocycles. The second kappa shape index (κ2) is 7.67. The molecule has 4 nitrogen and oxygen atoms in total. The molecule has 0 aliphatic carbocycles. The zero-order valence-corrected chi connectivity index (χ0v) is 13.7. The van der Waals surface area contributed by atoms with E-state index in [0.29, 0.717) is 5.56 Å². The molecule has 20 heavy (non-hydrogen) atoms. The van der Waals surface area contributed by atoms with Gasteiger partial charge in [-0.1, -0.05) is 26.0 Å². The highest BCUT2D eigenvalue weighted by atomic mass is 32.2. The molecule has 1 atom stereocenters. The molecule has 0 fully saturated rings. The highest BCUT2D eigenvalue weighted by Gasteiger charge is 2.33. The van der Waals surface area contributed by atoms with Crippen LogP contribution in [0.1, 0.15) is 38.1 Å². The molecule has 0 radical (unpaired) electrons. The summed E-state index contributed by atoms with van der Waals surface area (Å²) >= 11 is 0. The van der Waals surface area contributed by atoms with E-state index in [-0.39, 0.29) is 11.3 Å². The third-order valence-electron chi connectivity index (χ3n) is 3.56. The molecule has 1 aromatic carbocycles.